The summed E-state index contributed by atoms with van der Waals surface area (Å²) in [4.78, 5) is 0. The van der Waals surface area contributed by atoms with Crippen LogP contribution in [0.25, 0.3) is 0 Å². The normalized spacial score (nSPS) is 8.80. The summed E-state index contributed by atoms with van der Waals surface area (Å²) >= 11 is 0. The molecule has 0 unspecified atom stereocenters. The molecule has 5 N–H and O–H groups in total. The number of nitrogen functional groups attached to an aromatic ring is 2. The minimum atomic E-state index is 0. The van der Waals surface area contributed by atoms with Gasteiger partial charge in [-0.3, -0.25) is 0 Å². The van der Waals surface area contributed by atoms with Gasteiger partial charge in [0.25, 0.3) is 0 Å². The SMILES string of the molecule is Cl.Cl.Nc1ccc(O)cc1.Nc1ccc(OCc2ccccc2)cc1. The van der Waals surface area contributed by atoms with Crippen LogP contribution in [0, 0.1) is 0 Å². The van der Waals surface area contributed by atoms with Crippen LogP contribution < -0.4 is 16.2 Å². The Balaban J connectivity index is 0.000000497. The van der Waals surface area contributed by atoms with Crippen molar-refractivity contribution in [3.05, 3.63) is 84.4 Å². The predicted molar refractivity (Wildman–Crippen MR) is 109 cm³/mol. The van der Waals surface area contributed by atoms with Crippen molar-refractivity contribution < 1.29 is 9.84 Å². The number of nitrogens with two attached hydrogens (primary N) is 2. The van der Waals surface area contributed by atoms with Crippen LogP contribution in [0.3, 0.4) is 0 Å². The fourth-order valence-corrected chi connectivity index (χ4v) is 1.78. The lowest BCUT2D eigenvalue weighted by atomic mass is 10.2. The maximum absolute atomic E-state index is 8.70. The smallest absolute Gasteiger partial charge is 0.119 e. The Morgan fingerprint density at radius 1 is 0.680 bits per heavy atom. The molecule has 3 aromatic carbocycles. The van der Waals surface area contributed by atoms with Crippen molar-refractivity contribution in [1.29, 1.82) is 0 Å². The van der Waals surface area contributed by atoms with E-state index < -0.39 is 0 Å². The lowest BCUT2D eigenvalue weighted by Gasteiger charge is -2.05. The molecule has 134 valence electrons. The second-order valence-electron chi connectivity index (χ2n) is 4.93. The minimum absolute atomic E-state index is 0. The van der Waals surface area contributed by atoms with Crippen LogP contribution in [0.4, 0.5) is 11.4 Å². The number of aromatic hydroxyl groups is 1. The Hall–Kier alpha value is -2.56. The molecule has 0 saturated carbocycles. The first-order valence-electron chi connectivity index (χ1n) is 7.20. The maximum atomic E-state index is 8.70. The quantitative estimate of drug-likeness (QED) is 0.455. The molecule has 0 aliphatic rings. The number of halogens is 2. The van der Waals surface area contributed by atoms with Crippen molar-refractivity contribution >= 4 is 36.2 Å². The first kappa shape index (κ1) is 22.4. The van der Waals surface area contributed by atoms with Crippen molar-refractivity contribution in [2.24, 2.45) is 0 Å². The summed E-state index contributed by atoms with van der Waals surface area (Å²) in [6.45, 7) is 0.588. The highest BCUT2D eigenvalue weighted by molar-refractivity contribution is 5.85. The van der Waals surface area contributed by atoms with E-state index in [0.717, 1.165) is 17.0 Å². The monoisotopic (exact) mass is 380 g/mol. The van der Waals surface area contributed by atoms with Crippen LogP contribution in [-0.4, -0.2) is 5.11 Å². The van der Waals surface area contributed by atoms with E-state index in [0.29, 0.717) is 12.3 Å². The lowest BCUT2D eigenvalue weighted by molar-refractivity contribution is 0.306. The van der Waals surface area contributed by atoms with Gasteiger partial charge < -0.3 is 21.3 Å². The highest BCUT2D eigenvalue weighted by Gasteiger charge is 1.94. The highest BCUT2D eigenvalue weighted by atomic mass is 35.5. The molecule has 3 aromatic rings. The van der Waals surface area contributed by atoms with Crippen molar-refractivity contribution in [2.45, 2.75) is 6.61 Å². The maximum Gasteiger partial charge on any atom is 0.119 e. The van der Waals surface area contributed by atoms with Gasteiger partial charge in [-0.2, -0.15) is 0 Å². The Morgan fingerprint density at radius 2 is 1.16 bits per heavy atom. The number of benzene rings is 3. The number of rotatable bonds is 3. The molecule has 0 radical (unpaired) electrons. The Labute approximate surface area is 160 Å². The van der Waals surface area contributed by atoms with E-state index in [2.05, 4.69) is 0 Å². The van der Waals surface area contributed by atoms with E-state index in [1.54, 1.807) is 24.3 Å². The van der Waals surface area contributed by atoms with Gasteiger partial charge in [-0.25, -0.2) is 0 Å². The molecule has 25 heavy (non-hydrogen) atoms. The molecule has 0 fully saturated rings. The summed E-state index contributed by atoms with van der Waals surface area (Å²) in [5.74, 6) is 1.09. The minimum Gasteiger partial charge on any atom is -0.508 e. The number of phenolic OH excluding ortho intramolecular Hbond substituents is 1. The summed E-state index contributed by atoms with van der Waals surface area (Å²) < 4.78 is 5.59. The largest absolute Gasteiger partial charge is 0.508 e. The predicted octanol–water partition coefficient (Wildman–Crippen LogP) is 4.67. The Kier molecular flexibility index (Phi) is 10.7. The molecule has 0 amide bonds. The average molecular weight is 381 g/mol. The molecule has 6 heteroatoms. The third kappa shape index (κ3) is 8.74. The molecular weight excluding hydrogens is 359 g/mol. The van der Waals surface area contributed by atoms with Crippen LogP contribution in [-0.2, 0) is 6.61 Å². The van der Waals surface area contributed by atoms with Crippen LogP contribution in [0.2, 0.25) is 0 Å². The Bertz CT molecular complexity index is 685. The van der Waals surface area contributed by atoms with Crippen LogP contribution in [0.15, 0.2) is 78.9 Å². The molecule has 0 atom stereocenters. The van der Waals surface area contributed by atoms with E-state index >= 15 is 0 Å². The summed E-state index contributed by atoms with van der Waals surface area (Å²) in [6.07, 6.45) is 0. The zero-order valence-electron chi connectivity index (χ0n) is 13.5. The first-order chi connectivity index (χ1) is 11.1. The summed E-state index contributed by atoms with van der Waals surface area (Å²) in [5, 5.41) is 8.70. The topological polar surface area (TPSA) is 81.5 Å². The zero-order valence-corrected chi connectivity index (χ0v) is 15.2. The lowest BCUT2D eigenvalue weighted by Crippen LogP contribution is -1.95. The number of ether oxygens (including phenoxy) is 1. The number of anilines is 2. The molecule has 3 rings (SSSR count). The van der Waals surface area contributed by atoms with Crippen LogP contribution in [0.5, 0.6) is 11.5 Å². The van der Waals surface area contributed by atoms with Gasteiger partial charge in [0, 0.05) is 11.4 Å². The molecule has 4 nitrogen and oxygen atoms in total. The highest BCUT2D eigenvalue weighted by Crippen LogP contribution is 2.14. The summed E-state index contributed by atoms with van der Waals surface area (Å²) in [6, 6.07) is 23.9. The van der Waals surface area contributed by atoms with Gasteiger partial charge in [-0.15, -0.1) is 24.8 Å². The fraction of sp³-hybridized carbons (Fsp3) is 0.0526. The molecule has 0 heterocycles. The van der Waals surface area contributed by atoms with Crippen molar-refractivity contribution in [2.75, 3.05) is 11.5 Å². The van der Waals surface area contributed by atoms with Crippen molar-refractivity contribution in [3.8, 4) is 11.5 Å². The first-order valence-corrected chi connectivity index (χ1v) is 7.20. The van der Waals surface area contributed by atoms with E-state index in [1.807, 2.05) is 54.6 Å². The third-order valence-electron chi connectivity index (χ3n) is 3.02. The fourth-order valence-electron chi connectivity index (χ4n) is 1.78. The van der Waals surface area contributed by atoms with Crippen molar-refractivity contribution in [3.63, 3.8) is 0 Å². The van der Waals surface area contributed by atoms with E-state index in [4.69, 9.17) is 21.3 Å². The van der Waals surface area contributed by atoms with Gasteiger partial charge in [0.1, 0.15) is 18.1 Å². The molecule has 0 saturated heterocycles. The van der Waals surface area contributed by atoms with Crippen molar-refractivity contribution in [1.82, 2.24) is 0 Å². The van der Waals surface area contributed by atoms with Gasteiger partial charge in [0.15, 0.2) is 0 Å². The third-order valence-corrected chi connectivity index (χ3v) is 3.02. The Morgan fingerprint density at radius 3 is 1.64 bits per heavy atom. The number of hydrogen-bond acceptors (Lipinski definition) is 4. The molecule has 0 aliphatic carbocycles. The van der Waals surface area contributed by atoms with E-state index in [9.17, 15) is 0 Å². The van der Waals surface area contributed by atoms with Gasteiger partial charge >= 0.3 is 0 Å². The molecule has 0 bridgehead atoms. The van der Waals surface area contributed by atoms with E-state index in [1.165, 1.54) is 0 Å². The average Bonchev–Trinajstić information content (AvgIpc) is 2.59. The van der Waals surface area contributed by atoms with Gasteiger partial charge in [0.2, 0.25) is 0 Å². The van der Waals surface area contributed by atoms with Gasteiger partial charge in [0.05, 0.1) is 0 Å². The molecule has 0 spiro atoms. The van der Waals surface area contributed by atoms with Crippen LogP contribution in [0.1, 0.15) is 5.56 Å². The zero-order chi connectivity index (χ0) is 16.5. The summed E-state index contributed by atoms with van der Waals surface area (Å²) in [5.41, 5.74) is 13.5. The second-order valence-corrected chi connectivity index (χ2v) is 4.93. The van der Waals surface area contributed by atoms with Gasteiger partial charge in [-0.05, 0) is 54.1 Å². The number of phenols is 1. The van der Waals surface area contributed by atoms with Crippen LogP contribution >= 0.6 is 24.8 Å². The standard InChI is InChI=1S/C13H13NO.C6H7NO.2ClH/c14-12-6-8-13(9-7-12)15-10-11-4-2-1-3-5-11;7-5-1-3-6(8)4-2-5;;/h1-9H,10,14H2;1-4,8H,7H2;2*1H. The molecule has 0 aliphatic heterocycles. The van der Waals surface area contributed by atoms with E-state index in [-0.39, 0.29) is 30.6 Å². The van der Waals surface area contributed by atoms with Gasteiger partial charge in [-0.1, -0.05) is 30.3 Å². The molecule has 0 aromatic heterocycles. The summed E-state index contributed by atoms with van der Waals surface area (Å²) in [7, 11) is 0. The second kappa shape index (κ2) is 11.9. The number of hydrogen-bond donors (Lipinski definition) is 3. The molecular formula is C19H22Cl2N2O2.